The van der Waals surface area contributed by atoms with Crippen LogP contribution < -0.4 is 4.90 Å². The number of rotatable bonds is 8. The standard InChI is InChI=1S/C32H32N4O3S/c1-2-28(40-30-24(20-33)18-23-14-8-4-11-17-26(23)34-30)32(39)35(21-22-12-6-3-7-13-22)27-19-29(37)36(31(27)38)25-15-9-5-10-16-25/h3,5-7,9-10,12-13,15-16,18,27-28H,2,4,8,11,14,17,19,21H2,1H3. The van der Waals surface area contributed by atoms with Gasteiger partial charge in [0.25, 0.3) is 5.91 Å². The fourth-order valence-corrected chi connectivity index (χ4v) is 6.49. The van der Waals surface area contributed by atoms with Crippen molar-refractivity contribution in [1.29, 1.82) is 5.26 Å². The highest BCUT2D eigenvalue weighted by molar-refractivity contribution is 8.00. The van der Waals surface area contributed by atoms with E-state index in [2.05, 4.69) is 6.07 Å². The third-order valence-electron chi connectivity index (χ3n) is 7.53. The maximum absolute atomic E-state index is 14.2. The minimum Gasteiger partial charge on any atom is -0.325 e. The molecule has 2 unspecified atom stereocenters. The number of benzene rings is 2. The molecule has 0 spiro atoms. The van der Waals surface area contributed by atoms with E-state index in [0.29, 0.717) is 22.7 Å². The third kappa shape index (κ3) is 5.80. The predicted octanol–water partition coefficient (Wildman–Crippen LogP) is 5.45. The molecule has 0 saturated carbocycles. The Morgan fingerprint density at radius 3 is 2.48 bits per heavy atom. The van der Waals surface area contributed by atoms with Crippen LogP contribution in [0.3, 0.4) is 0 Å². The van der Waals surface area contributed by atoms with Crippen LogP contribution in [0.1, 0.15) is 61.4 Å². The number of pyridine rings is 1. The van der Waals surface area contributed by atoms with Gasteiger partial charge in [0.2, 0.25) is 11.8 Å². The molecule has 1 aromatic heterocycles. The van der Waals surface area contributed by atoms with Crippen LogP contribution in [0.25, 0.3) is 0 Å². The molecule has 2 atom stereocenters. The second kappa shape index (κ2) is 12.5. The summed E-state index contributed by atoms with van der Waals surface area (Å²) in [5.41, 5.74) is 3.99. The van der Waals surface area contributed by atoms with E-state index in [9.17, 15) is 19.6 Å². The van der Waals surface area contributed by atoms with E-state index in [4.69, 9.17) is 4.98 Å². The highest BCUT2D eigenvalue weighted by Gasteiger charge is 2.45. The maximum atomic E-state index is 14.2. The second-order valence-corrected chi connectivity index (χ2v) is 11.4. The molecule has 0 N–H and O–H groups in total. The fourth-order valence-electron chi connectivity index (χ4n) is 5.42. The number of aryl methyl sites for hydroxylation is 2. The smallest absolute Gasteiger partial charge is 0.257 e. The summed E-state index contributed by atoms with van der Waals surface area (Å²) in [5.74, 6) is -0.966. The average Bonchev–Trinajstić information content (AvgIpc) is 3.12. The average molecular weight is 553 g/mol. The van der Waals surface area contributed by atoms with Crippen molar-refractivity contribution >= 4 is 35.2 Å². The quantitative estimate of drug-likeness (QED) is 0.209. The van der Waals surface area contributed by atoms with Gasteiger partial charge >= 0.3 is 0 Å². The number of hydrogen-bond acceptors (Lipinski definition) is 6. The van der Waals surface area contributed by atoms with Gasteiger partial charge < -0.3 is 4.90 Å². The number of thioether (sulfide) groups is 1. The minimum atomic E-state index is -0.912. The molecule has 8 heteroatoms. The number of fused-ring (bicyclic) bond motifs is 1. The molecule has 1 aliphatic carbocycles. The lowest BCUT2D eigenvalue weighted by Crippen LogP contribution is -2.48. The van der Waals surface area contributed by atoms with Gasteiger partial charge in [-0.3, -0.25) is 14.4 Å². The number of hydrogen-bond donors (Lipinski definition) is 0. The van der Waals surface area contributed by atoms with Crippen molar-refractivity contribution in [1.82, 2.24) is 9.88 Å². The topological polar surface area (TPSA) is 94.4 Å². The second-order valence-electron chi connectivity index (χ2n) is 10.2. The SMILES string of the molecule is CCC(Sc1nc2c(cc1C#N)CCCCC2)C(=O)N(Cc1ccccc1)C1CC(=O)N(c2ccccc2)C1=O. The van der Waals surface area contributed by atoms with Crippen LogP contribution in [0.5, 0.6) is 0 Å². The van der Waals surface area contributed by atoms with Crippen molar-refractivity contribution < 1.29 is 14.4 Å². The number of anilines is 1. The summed E-state index contributed by atoms with van der Waals surface area (Å²) in [7, 11) is 0. The first-order valence-corrected chi connectivity index (χ1v) is 14.7. The Balaban J connectivity index is 1.46. The van der Waals surface area contributed by atoms with Crippen LogP contribution in [-0.2, 0) is 33.8 Å². The first-order chi connectivity index (χ1) is 19.5. The van der Waals surface area contributed by atoms with Crippen LogP contribution in [0.4, 0.5) is 5.69 Å². The zero-order valence-electron chi connectivity index (χ0n) is 22.6. The number of nitrogens with zero attached hydrogens (tertiary/aromatic N) is 4. The van der Waals surface area contributed by atoms with Gasteiger partial charge in [-0.2, -0.15) is 5.26 Å². The van der Waals surface area contributed by atoms with Crippen LogP contribution in [0, 0.1) is 11.3 Å². The molecule has 1 fully saturated rings. The lowest BCUT2D eigenvalue weighted by molar-refractivity contribution is -0.138. The van der Waals surface area contributed by atoms with Gasteiger partial charge in [-0.25, -0.2) is 9.88 Å². The Kier molecular flexibility index (Phi) is 8.61. The fraction of sp³-hybridized carbons (Fsp3) is 0.344. The molecule has 2 aliphatic rings. The van der Waals surface area contributed by atoms with Gasteiger partial charge in [0.1, 0.15) is 17.1 Å². The lowest BCUT2D eigenvalue weighted by Gasteiger charge is -2.31. The van der Waals surface area contributed by atoms with Crippen LogP contribution in [-0.4, -0.2) is 38.9 Å². The summed E-state index contributed by atoms with van der Waals surface area (Å²) in [4.78, 5) is 48.6. The van der Waals surface area contributed by atoms with E-state index in [1.54, 1.807) is 29.2 Å². The number of aromatic nitrogens is 1. The number of imide groups is 1. The van der Waals surface area contributed by atoms with Gasteiger partial charge in [0, 0.05) is 12.2 Å². The lowest BCUT2D eigenvalue weighted by atomic mass is 10.1. The number of amides is 3. The minimum absolute atomic E-state index is 0.0755. The van der Waals surface area contributed by atoms with Crippen molar-refractivity contribution in [3.05, 3.63) is 89.1 Å². The Morgan fingerprint density at radius 1 is 1.07 bits per heavy atom. The van der Waals surface area contributed by atoms with Crippen molar-refractivity contribution in [2.75, 3.05) is 4.90 Å². The van der Waals surface area contributed by atoms with E-state index in [0.717, 1.165) is 48.9 Å². The van der Waals surface area contributed by atoms with E-state index >= 15 is 0 Å². The summed E-state index contributed by atoms with van der Waals surface area (Å²) in [6.45, 7) is 2.12. The Bertz CT molecular complexity index is 1440. The van der Waals surface area contributed by atoms with Crippen molar-refractivity contribution in [3.63, 3.8) is 0 Å². The van der Waals surface area contributed by atoms with E-state index in [1.165, 1.54) is 16.7 Å². The summed E-state index contributed by atoms with van der Waals surface area (Å²) >= 11 is 1.29. The number of carbonyl (C=O) groups excluding carboxylic acids is 3. The summed E-state index contributed by atoms with van der Waals surface area (Å²) in [6.07, 6.45) is 5.48. The van der Waals surface area contributed by atoms with Gasteiger partial charge in [-0.15, -0.1) is 0 Å². The first-order valence-electron chi connectivity index (χ1n) is 13.9. The molecule has 3 amide bonds. The van der Waals surface area contributed by atoms with Crippen LogP contribution in [0.15, 0.2) is 71.8 Å². The van der Waals surface area contributed by atoms with Gasteiger partial charge in [-0.1, -0.05) is 73.6 Å². The van der Waals surface area contributed by atoms with Crippen molar-refractivity contribution in [2.45, 2.75) is 74.7 Å². The summed E-state index contributed by atoms with van der Waals surface area (Å²) in [6, 6.07) is 21.6. The number of carbonyl (C=O) groups is 3. The van der Waals surface area contributed by atoms with Gasteiger partial charge in [-0.05, 0) is 61.4 Å². The Hall–Kier alpha value is -3.96. The molecule has 2 heterocycles. The molecule has 2 aromatic carbocycles. The molecule has 40 heavy (non-hydrogen) atoms. The highest BCUT2D eigenvalue weighted by Crippen LogP contribution is 2.34. The Labute approximate surface area is 239 Å². The molecule has 1 aliphatic heterocycles. The highest BCUT2D eigenvalue weighted by atomic mass is 32.2. The Morgan fingerprint density at radius 2 is 1.77 bits per heavy atom. The molecule has 204 valence electrons. The van der Waals surface area contributed by atoms with Crippen LogP contribution in [0.2, 0.25) is 0 Å². The molecule has 1 saturated heterocycles. The van der Waals surface area contributed by atoms with E-state index < -0.39 is 17.2 Å². The molecule has 0 radical (unpaired) electrons. The van der Waals surface area contributed by atoms with Crippen LogP contribution >= 0.6 is 11.8 Å². The normalized spacial score (nSPS) is 17.6. The van der Waals surface area contributed by atoms with Gasteiger partial charge in [0.05, 0.1) is 22.9 Å². The number of nitriles is 1. The summed E-state index contributed by atoms with van der Waals surface area (Å²) < 4.78 is 0. The van der Waals surface area contributed by atoms with Crippen molar-refractivity contribution in [3.8, 4) is 6.07 Å². The first kappa shape index (κ1) is 27.6. The van der Waals surface area contributed by atoms with Gasteiger partial charge in [0.15, 0.2) is 0 Å². The molecular formula is C32H32N4O3S. The maximum Gasteiger partial charge on any atom is 0.257 e. The monoisotopic (exact) mass is 552 g/mol. The zero-order chi connectivity index (χ0) is 28.1. The molecule has 3 aromatic rings. The van der Waals surface area contributed by atoms with E-state index in [1.807, 2.05) is 49.4 Å². The van der Waals surface area contributed by atoms with Crippen molar-refractivity contribution in [2.24, 2.45) is 0 Å². The molecule has 7 nitrogen and oxygen atoms in total. The molecule has 5 rings (SSSR count). The third-order valence-corrected chi connectivity index (χ3v) is 8.88. The molecule has 0 bridgehead atoms. The molecular weight excluding hydrogens is 520 g/mol. The predicted molar refractivity (Wildman–Crippen MR) is 154 cm³/mol. The largest absolute Gasteiger partial charge is 0.325 e. The zero-order valence-corrected chi connectivity index (χ0v) is 23.4. The van der Waals surface area contributed by atoms with E-state index in [-0.39, 0.29) is 24.8 Å². The summed E-state index contributed by atoms with van der Waals surface area (Å²) in [5, 5.41) is 9.90. The number of para-hydroxylation sites is 1.